The summed E-state index contributed by atoms with van der Waals surface area (Å²) in [5, 5.41) is 12.2. The zero-order chi connectivity index (χ0) is 13.8. The highest BCUT2D eigenvalue weighted by molar-refractivity contribution is 7.05. The van der Waals surface area contributed by atoms with Gasteiger partial charge in [-0.15, -0.1) is 5.10 Å². The van der Waals surface area contributed by atoms with E-state index in [-0.39, 0.29) is 6.04 Å². The Morgan fingerprint density at radius 1 is 1.58 bits per heavy atom. The molecule has 0 spiro atoms. The van der Waals surface area contributed by atoms with Crippen LogP contribution in [0.1, 0.15) is 22.3 Å². The van der Waals surface area contributed by atoms with Crippen molar-refractivity contribution >= 4 is 23.1 Å². The highest BCUT2D eigenvalue weighted by atomic mass is 35.5. The molecule has 1 atom stereocenters. The number of methoxy groups -OCH3 is 1. The van der Waals surface area contributed by atoms with Crippen LogP contribution in [0.4, 0.5) is 0 Å². The molecule has 0 bridgehead atoms. The minimum Gasteiger partial charge on any atom is -0.383 e. The Morgan fingerprint density at radius 2 is 2.37 bits per heavy atom. The minimum absolute atomic E-state index is 0.0631. The van der Waals surface area contributed by atoms with Gasteiger partial charge in [-0.25, -0.2) is 0 Å². The third kappa shape index (κ3) is 2.94. The second kappa shape index (κ2) is 6.42. The monoisotopic (exact) mass is 301 g/mol. The van der Waals surface area contributed by atoms with Crippen molar-refractivity contribution < 1.29 is 4.74 Å². The maximum Gasteiger partial charge on any atom is 0.0889 e. The molecule has 1 N–H and O–H groups in total. The minimum atomic E-state index is -0.0631. The molecule has 0 fully saturated rings. The topological polar surface area (TPSA) is 64.9 Å². The molecule has 2 heterocycles. The quantitative estimate of drug-likeness (QED) is 0.879. The molecule has 104 valence electrons. The molecule has 19 heavy (non-hydrogen) atoms. The zero-order valence-corrected chi connectivity index (χ0v) is 12.6. The number of halogens is 1. The van der Waals surface area contributed by atoms with Crippen molar-refractivity contribution in [3.05, 3.63) is 27.5 Å². The van der Waals surface area contributed by atoms with Crippen molar-refractivity contribution in [3.63, 3.8) is 0 Å². The lowest BCUT2D eigenvalue weighted by atomic mass is 10.1. The Bertz CT molecular complexity index is 541. The first kappa shape index (κ1) is 14.4. The van der Waals surface area contributed by atoms with E-state index in [4.69, 9.17) is 16.3 Å². The summed E-state index contributed by atoms with van der Waals surface area (Å²) in [6, 6.07) is -0.0631. The maximum atomic E-state index is 6.27. The number of nitrogens with zero attached hydrogens (tertiary/aromatic N) is 4. The summed E-state index contributed by atoms with van der Waals surface area (Å²) in [4.78, 5) is 1.04. The number of aromatic nitrogens is 4. The normalized spacial score (nSPS) is 12.8. The van der Waals surface area contributed by atoms with Gasteiger partial charge in [0, 0.05) is 7.11 Å². The van der Waals surface area contributed by atoms with Crippen LogP contribution in [0.5, 0.6) is 0 Å². The fraction of sp³-hybridized carbons (Fsp3) is 0.545. The molecule has 2 aromatic heterocycles. The number of ether oxygens (including phenoxy) is 1. The first-order valence-corrected chi connectivity index (χ1v) is 7.00. The van der Waals surface area contributed by atoms with Gasteiger partial charge in [-0.1, -0.05) is 16.1 Å². The predicted octanol–water partition coefficient (Wildman–Crippen LogP) is 1.65. The summed E-state index contributed by atoms with van der Waals surface area (Å²) < 4.78 is 10.9. The summed E-state index contributed by atoms with van der Waals surface area (Å²) in [5.41, 5.74) is 1.82. The first-order valence-electron chi connectivity index (χ1n) is 5.85. The van der Waals surface area contributed by atoms with Crippen LogP contribution in [0.15, 0.2) is 6.20 Å². The lowest BCUT2D eigenvalue weighted by molar-refractivity contribution is 0.182. The number of rotatable bonds is 6. The van der Waals surface area contributed by atoms with Crippen LogP contribution in [0, 0.1) is 6.92 Å². The molecule has 0 aliphatic rings. The van der Waals surface area contributed by atoms with Crippen LogP contribution in [0.3, 0.4) is 0 Å². The Balaban J connectivity index is 2.38. The number of aryl methyl sites for hydroxylation is 1. The van der Waals surface area contributed by atoms with E-state index >= 15 is 0 Å². The third-order valence-electron chi connectivity index (χ3n) is 2.85. The molecule has 0 aromatic carbocycles. The van der Waals surface area contributed by atoms with Gasteiger partial charge < -0.3 is 10.1 Å². The number of nitrogens with one attached hydrogen (secondary N) is 1. The van der Waals surface area contributed by atoms with Gasteiger partial charge in [-0.05, 0) is 25.5 Å². The summed E-state index contributed by atoms with van der Waals surface area (Å²) in [7, 11) is 3.55. The van der Waals surface area contributed by atoms with E-state index in [1.165, 1.54) is 11.5 Å². The molecule has 2 rings (SSSR count). The first-order chi connectivity index (χ1) is 9.19. The molecule has 0 amide bonds. The second-order valence-electron chi connectivity index (χ2n) is 4.04. The molecule has 1 unspecified atom stereocenters. The summed E-state index contributed by atoms with van der Waals surface area (Å²) in [5.74, 6) is 0. The fourth-order valence-electron chi connectivity index (χ4n) is 1.91. The van der Waals surface area contributed by atoms with E-state index in [9.17, 15) is 0 Å². The molecular formula is C11H16ClN5OS. The van der Waals surface area contributed by atoms with E-state index in [2.05, 4.69) is 20.0 Å². The molecule has 0 radical (unpaired) electrons. The van der Waals surface area contributed by atoms with Crippen molar-refractivity contribution in [2.45, 2.75) is 19.5 Å². The lowest BCUT2D eigenvalue weighted by Crippen LogP contribution is -2.22. The average molecular weight is 302 g/mol. The van der Waals surface area contributed by atoms with E-state index in [1.807, 2.05) is 18.7 Å². The van der Waals surface area contributed by atoms with E-state index in [1.54, 1.807) is 13.3 Å². The van der Waals surface area contributed by atoms with E-state index in [0.29, 0.717) is 18.2 Å². The fourth-order valence-corrected chi connectivity index (χ4v) is 2.92. The van der Waals surface area contributed by atoms with Crippen molar-refractivity contribution in [1.29, 1.82) is 0 Å². The Hall–Kier alpha value is -1.02. The molecule has 6 nitrogen and oxygen atoms in total. The SMILES string of the molecule is CNC(c1snnc1C)c1c(Cl)cnn1CCOC. The van der Waals surface area contributed by atoms with Crippen LogP contribution in [-0.2, 0) is 11.3 Å². The molecule has 0 saturated carbocycles. The van der Waals surface area contributed by atoms with Gasteiger partial charge in [-0.2, -0.15) is 5.10 Å². The average Bonchev–Trinajstić information content (AvgIpc) is 2.97. The molecule has 2 aromatic rings. The zero-order valence-electron chi connectivity index (χ0n) is 11.1. The van der Waals surface area contributed by atoms with Crippen molar-refractivity contribution in [2.75, 3.05) is 20.8 Å². The summed E-state index contributed by atoms with van der Waals surface area (Å²) in [6.07, 6.45) is 1.65. The van der Waals surface area contributed by atoms with E-state index < -0.39 is 0 Å². The van der Waals surface area contributed by atoms with Crippen molar-refractivity contribution in [3.8, 4) is 0 Å². The third-order valence-corrected chi connectivity index (χ3v) is 4.03. The smallest absolute Gasteiger partial charge is 0.0889 e. The van der Waals surface area contributed by atoms with Crippen LogP contribution in [0.2, 0.25) is 5.02 Å². The van der Waals surface area contributed by atoms with Gasteiger partial charge in [0.2, 0.25) is 0 Å². The van der Waals surface area contributed by atoms with Gasteiger partial charge in [-0.3, -0.25) is 4.68 Å². The van der Waals surface area contributed by atoms with Crippen molar-refractivity contribution in [2.24, 2.45) is 0 Å². The highest BCUT2D eigenvalue weighted by Gasteiger charge is 2.24. The van der Waals surface area contributed by atoms with Crippen LogP contribution in [0.25, 0.3) is 0 Å². The summed E-state index contributed by atoms with van der Waals surface area (Å²) in [6.45, 7) is 3.18. The van der Waals surface area contributed by atoms with Crippen LogP contribution < -0.4 is 5.32 Å². The molecule has 0 aliphatic carbocycles. The maximum absolute atomic E-state index is 6.27. The number of hydrogen-bond donors (Lipinski definition) is 1. The van der Waals surface area contributed by atoms with Crippen LogP contribution >= 0.6 is 23.1 Å². The number of hydrogen-bond acceptors (Lipinski definition) is 6. The van der Waals surface area contributed by atoms with E-state index in [0.717, 1.165) is 16.3 Å². The Morgan fingerprint density at radius 3 is 2.95 bits per heavy atom. The summed E-state index contributed by atoms with van der Waals surface area (Å²) >= 11 is 7.63. The van der Waals surface area contributed by atoms with Gasteiger partial charge in [0.15, 0.2) is 0 Å². The second-order valence-corrected chi connectivity index (χ2v) is 5.23. The Labute approximate surface area is 120 Å². The van der Waals surface area contributed by atoms with Crippen molar-refractivity contribution in [1.82, 2.24) is 24.7 Å². The predicted molar refractivity (Wildman–Crippen MR) is 74.7 cm³/mol. The largest absolute Gasteiger partial charge is 0.383 e. The lowest BCUT2D eigenvalue weighted by Gasteiger charge is -2.17. The molecule has 0 aliphatic heterocycles. The Kier molecular flexibility index (Phi) is 4.87. The van der Waals surface area contributed by atoms with Crippen LogP contribution in [-0.4, -0.2) is 40.1 Å². The van der Waals surface area contributed by atoms with Gasteiger partial charge in [0.05, 0.1) is 46.7 Å². The highest BCUT2D eigenvalue weighted by Crippen LogP contribution is 2.31. The molecular weight excluding hydrogens is 286 g/mol. The molecule has 0 saturated heterocycles. The van der Waals surface area contributed by atoms with Gasteiger partial charge >= 0.3 is 0 Å². The van der Waals surface area contributed by atoms with Gasteiger partial charge in [0.25, 0.3) is 0 Å². The standard InChI is InChI=1S/C11H16ClN5OS/c1-7-11(19-16-15-7)9(13-2)10-8(12)6-14-17(10)4-5-18-3/h6,9,13H,4-5H2,1-3H3. The van der Waals surface area contributed by atoms with Gasteiger partial charge in [0.1, 0.15) is 0 Å². The molecule has 8 heteroatoms.